The van der Waals surface area contributed by atoms with Crippen molar-refractivity contribution in [1.82, 2.24) is 0 Å². The number of halogens is 2. The number of likely N-dealkylation sites (N-methyl/N-ethyl adjacent to an activating group) is 1. The summed E-state index contributed by atoms with van der Waals surface area (Å²) in [6.07, 6.45) is 0. The average Bonchev–Trinajstić information content (AvgIpc) is 2.62. The lowest BCUT2D eigenvalue weighted by Gasteiger charge is -2.32. The molecule has 0 unspecified atom stereocenters. The van der Waals surface area contributed by atoms with Crippen molar-refractivity contribution >= 4 is 27.4 Å². The van der Waals surface area contributed by atoms with Gasteiger partial charge in [-0.1, -0.05) is 0 Å². The zero-order valence-electron chi connectivity index (χ0n) is 14.3. The summed E-state index contributed by atoms with van der Waals surface area (Å²) >= 11 is 3.37. The molecule has 0 radical (unpaired) electrons. The molecule has 0 aromatic heterocycles. The summed E-state index contributed by atoms with van der Waals surface area (Å²) in [6.45, 7) is 3.61. The molecular formula is C19H21BrFN2O2+. The van der Waals surface area contributed by atoms with E-state index < -0.39 is 0 Å². The number of ketones is 1. The van der Waals surface area contributed by atoms with Gasteiger partial charge in [-0.2, -0.15) is 0 Å². The van der Waals surface area contributed by atoms with E-state index in [4.69, 9.17) is 4.74 Å². The van der Waals surface area contributed by atoms with Gasteiger partial charge in [0.1, 0.15) is 11.6 Å². The maximum Gasteiger partial charge on any atom is 0.193 e. The first-order valence-corrected chi connectivity index (χ1v) is 9.03. The lowest BCUT2D eigenvalue weighted by molar-refractivity contribution is -0.880. The molecule has 0 spiro atoms. The van der Waals surface area contributed by atoms with Crippen LogP contribution in [0.15, 0.2) is 40.9 Å². The van der Waals surface area contributed by atoms with Crippen molar-refractivity contribution in [2.75, 3.05) is 45.2 Å². The standard InChI is InChI=1S/C19H20BrFN2O2/c1-22-7-9-23(10-8-22)17-5-3-14(12-16(17)21)19(24)13-4-6-18(25-2)15(20)11-13/h3-6,11-12H,7-10H2,1-2H3/p+1. The lowest BCUT2D eigenvalue weighted by atomic mass is 10.0. The molecule has 2 aromatic carbocycles. The second-order valence-corrected chi connectivity index (χ2v) is 7.14. The van der Waals surface area contributed by atoms with Crippen molar-refractivity contribution in [2.45, 2.75) is 0 Å². The van der Waals surface area contributed by atoms with E-state index in [1.165, 1.54) is 11.0 Å². The highest BCUT2D eigenvalue weighted by Gasteiger charge is 2.21. The number of methoxy groups -OCH3 is 1. The van der Waals surface area contributed by atoms with Crippen LogP contribution in [0.1, 0.15) is 15.9 Å². The molecule has 3 rings (SSSR count). The first kappa shape index (κ1) is 17.9. The van der Waals surface area contributed by atoms with Gasteiger partial charge in [0.05, 0.1) is 50.5 Å². The molecule has 0 aliphatic carbocycles. The predicted molar refractivity (Wildman–Crippen MR) is 99.4 cm³/mol. The summed E-state index contributed by atoms with van der Waals surface area (Å²) in [5, 5.41) is 0. The molecule has 0 bridgehead atoms. The number of anilines is 1. The number of carbonyl (C=O) groups excluding carboxylic acids is 1. The van der Waals surface area contributed by atoms with E-state index in [1.807, 2.05) is 4.90 Å². The van der Waals surface area contributed by atoms with E-state index in [1.54, 1.807) is 37.4 Å². The summed E-state index contributed by atoms with van der Waals surface area (Å²) in [5.41, 5.74) is 1.40. The van der Waals surface area contributed by atoms with Crippen LogP contribution in [-0.4, -0.2) is 46.1 Å². The van der Waals surface area contributed by atoms with Crippen LogP contribution in [0.25, 0.3) is 0 Å². The number of rotatable bonds is 4. The minimum Gasteiger partial charge on any atom is -0.496 e. The number of benzene rings is 2. The van der Waals surface area contributed by atoms with Gasteiger partial charge in [-0.25, -0.2) is 4.39 Å². The second kappa shape index (κ2) is 7.54. The van der Waals surface area contributed by atoms with Crippen molar-refractivity contribution in [3.63, 3.8) is 0 Å². The zero-order chi connectivity index (χ0) is 18.0. The van der Waals surface area contributed by atoms with Gasteiger partial charge in [-0.05, 0) is 52.3 Å². The molecule has 25 heavy (non-hydrogen) atoms. The maximum atomic E-state index is 14.6. The molecular weight excluding hydrogens is 387 g/mol. The normalized spacial score (nSPS) is 15.3. The van der Waals surface area contributed by atoms with Crippen molar-refractivity contribution < 1.29 is 18.8 Å². The third-order valence-corrected chi connectivity index (χ3v) is 5.20. The van der Waals surface area contributed by atoms with E-state index in [2.05, 4.69) is 23.0 Å². The number of hydrogen-bond acceptors (Lipinski definition) is 3. The summed E-state index contributed by atoms with van der Waals surface area (Å²) in [5.74, 6) is 0.0879. The molecule has 6 heteroatoms. The molecule has 0 atom stereocenters. The SMILES string of the molecule is COc1ccc(C(=O)c2ccc(N3CC[NH+](C)CC3)c(F)c2)cc1Br. The fourth-order valence-electron chi connectivity index (χ4n) is 3.01. The zero-order valence-corrected chi connectivity index (χ0v) is 15.9. The third-order valence-electron chi connectivity index (χ3n) is 4.58. The Hall–Kier alpha value is -1.92. The Morgan fingerprint density at radius 3 is 2.40 bits per heavy atom. The van der Waals surface area contributed by atoms with Crippen LogP contribution in [0.4, 0.5) is 10.1 Å². The maximum absolute atomic E-state index is 14.6. The number of carbonyl (C=O) groups is 1. The van der Waals surface area contributed by atoms with Crippen LogP contribution in [0.2, 0.25) is 0 Å². The number of quaternary nitrogens is 1. The van der Waals surface area contributed by atoms with Gasteiger partial charge < -0.3 is 14.5 Å². The van der Waals surface area contributed by atoms with Gasteiger partial charge in [0.15, 0.2) is 5.78 Å². The Bertz CT molecular complexity index is 789. The Morgan fingerprint density at radius 2 is 1.80 bits per heavy atom. The molecule has 1 heterocycles. The molecule has 1 saturated heterocycles. The van der Waals surface area contributed by atoms with Crippen molar-refractivity contribution in [1.29, 1.82) is 0 Å². The van der Waals surface area contributed by atoms with Crippen molar-refractivity contribution in [2.24, 2.45) is 0 Å². The molecule has 132 valence electrons. The highest BCUT2D eigenvalue weighted by Crippen LogP contribution is 2.27. The largest absolute Gasteiger partial charge is 0.496 e. The topological polar surface area (TPSA) is 34.0 Å². The van der Waals surface area contributed by atoms with Crippen LogP contribution in [0, 0.1) is 5.82 Å². The quantitative estimate of drug-likeness (QED) is 0.788. The van der Waals surface area contributed by atoms with Crippen LogP contribution < -0.4 is 14.5 Å². The summed E-state index contributed by atoms with van der Waals surface area (Å²) in [4.78, 5) is 16.1. The molecule has 1 N–H and O–H groups in total. The highest BCUT2D eigenvalue weighted by atomic mass is 79.9. The highest BCUT2D eigenvalue weighted by molar-refractivity contribution is 9.10. The second-order valence-electron chi connectivity index (χ2n) is 6.29. The smallest absolute Gasteiger partial charge is 0.193 e. The van der Waals surface area contributed by atoms with E-state index in [0.717, 1.165) is 26.2 Å². The molecule has 1 aliphatic rings. The van der Waals surface area contributed by atoms with E-state index in [9.17, 15) is 9.18 Å². The first-order valence-electron chi connectivity index (χ1n) is 8.23. The van der Waals surface area contributed by atoms with Gasteiger partial charge in [-0.15, -0.1) is 0 Å². The van der Waals surface area contributed by atoms with Crippen LogP contribution in [-0.2, 0) is 0 Å². The Kier molecular flexibility index (Phi) is 5.39. The van der Waals surface area contributed by atoms with Crippen LogP contribution in [0.5, 0.6) is 5.75 Å². The Balaban J connectivity index is 1.82. The van der Waals surface area contributed by atoms with Crippen molar-refractivity contribution in [3.8, 4) is 5.75 Å². The number of hydrogen-bond donors (Lipinski definition) is 1. The number of nitrogens with zero attached hydrogens (tertiary/aromatic N) is 1. The molecule has 1 fully saturated rings. The third kappa shape index (κ3) is 3.85. The summed E-state index contributed by atoms with van der Waals surface area (Å²) in [7, 11) is 3.71. The molecule has 1 aliphatic heterocycles. The Labute approximate surface area is 155 Å². The van der Waals surface area contributed by atoms with E-state index in [0.29, 0.717) is 27.0 Å². The average molecular weight is 408 g/mol. The van der Waals surface area contributed by atoms with Crippen LogP contribution >= 0.6 is 15.9 Å². The van der Waals surface area contributed by atoms with E-state index >= 15 is 0 Å². The summed E-state index contributed by atoms with van der Waals surface area (Å²) < 4.78 is 20.4. The van der Waals surface area contributed by atoms with Crippen molar-refractivity contribution in [3.05, 3.63) is 57.8 Å². The van der Waals surface area contributed by atoms with Gasteiger partial charge in [-0.3, -0.25) is 4.79 Å². The van der Waals surface area contributed by atoms with Gasteiger partial charge in [0.2, 0.25) is 0 Å². The Morgan fingerprint density at radius 1 is 1.16 bits per heavy atom. The summed E-state index contributed by atoms with van der Waals surface area (Å²) in [6, 6.07) is 9.83. The van der Waals surface area contributed by atoms with Crippen LogP contribution in [0.3, 0.4) is 0 Å². The first-order chi connectivity index (χ1) is 12.0. The molecule has 0 saturated carbocycles. The number of piperazine rings is 1. The monoisotopic (exact) mass is 407 g/mol. The van der Waals surface area contributed by atoms with Gasteiger partial charge in [0.25, 0.3) is 0 Å². The predicted octanol–water partition coefficient (Wildman–Crippen LogP) is 2.16. The minimum absolute atomic E-state index is 0.211. The van der Waals surface area contributed by atoms with Gasteiger partial charge in [0, 0.05) is 11.1 Å². The number of nitrogens with one attached hydrogen (secondary N) is 1. The van der Waals surface area contributed by atoms with Gasteiger partial charge >= 0.3 is 0 Å². The molecule has 4 nitrogen and oxygen atoms in total. The minimum atomic E-state index is -0.349. The number of ether oxygens (including phenoxy) is 1. The fourth-order valence-corrected chi connectivity index (χ4v) is 3.55. The molecule has 2 aromatic rings. The molecule has 0 amide bonds. The van der Waals surface area contributed by atoms with E-state index in [-0.39, 0.29) is 11.6 Å². The lowest BCUT2D eigenvalue weighted by Crippen LogP contribution is -3.12. The fraction of sp³-hybridized carbons (Fsp3) is 0.316.